The van der Waals surface area contributed by atoms with Crippen molar-refractivity contribution >= 4 is 17.9 Å². The average Bonchev–Trinajstić information content (AvgIpc) is 2.41. The van der Waals surface area contributed by atoms with Gasteiger partial charge in [-0.3, -0.25) is 9.59 Å². The van der Waals surface area contributed by atoms with Gasteiger partial charge in [0.1, 0.15) is 6.04 Å². The number of carboxylic acid groups (broad SMARTS) is 3. The molecular weight excluding hydrogens is 296 g/mol. The van der Waals surface area contributed by atoms with Gasteiger partial charge in [-0.2, -0.15) is 0 Å². The first-order valence-electron chi connectivity index (χ1n) is 7.05. The minimum atomic E-state index is -2.91. The van der Waals surface area contributed by atoms with Gasteiger partial charge in [-0.1, -0.05) is 13.8 Å². The molecule has 9 nitrogen and oxygen atoms in total. The molecule has 22 heavy (non-hydrogen) atoms. The van der Waals surface area contributed by atoms with Crippen LogP contribution in [0.25, 0.3) is 0 Å². The highest BCUT2D eigenvalue weighted by atomic mass is 16.4. The predicted molar refractivity (Wildman–Crippen MR) is 76.7 cm³/mol. The molecule has 0 spiro atoms. The second-order valence-electron chi connectivity index (χ2n) is 4.91. The molecule has 0 fully saturated rings. The van der Waals surface area contributed by atoms with Gasteiger partial charge < -0.3 is 30.6 Å². The number of aliphatic hydroxyl groups is 1. The lowest BCUT2D eigenvalue weighted by Crippen LogP contribution is -2.61. The summed E-state index contributed by atoms with van der Waals surface area (Å²) < 4.78 is 0. The lowest BCUT2D eigenvalue weighted by atomic mass is 9.90. The second-order valence-corrected chi connectivity index (χ2v) is 4.91. The van der Waals surface area contributed by atoms with Gasteiger partial charge in [0.05, 0.1) is 6.42 Å². The van der Waals surface area contributed by atoms with E-state index in [1.54, 1.807) is 0 Å². The zero-order valence-electron chi connectivity index (χ0n) is 12.8. The van der Waals surface area contributed by atoms with E-state index in [0.29, 0.717) is 13.0 Å². The molecule has 2 atom stereocenters. The third-order valence-electron chi connectivity index (χ3n) is 3.41. The van der Waals surface area contributed by atoms with Gasteiger partial charge >= 0.3 is 17.9 Å². The first-order valence-corrected chi connectivity index (χ1v) is 7.05. The minimum Gasteiger partial charge on any atom is -0.481 e. The summed E-state index contributed by atoms with van der Waals surface area (Å²) in [6, 6.07) is -1.90. The van der Waals surface area contributed by atoms with Gasteiger partial charge in [-0.15, -0.1) is 0 Å². The number of rotatable bonds is 12. The molecule has 0 heterocycles. The van der Waals surface area contributed by atoms with Crippen molar-refractivity contribution in [3.63, 3.8) is 0 Å². The molecule has 0 aromatic rings. The maximum atomic E-state index is 11.2. The average molecular weight is 320 g/mol. The van der Waals surface area contributed by atoms with E-state index in [1.165, 1.54) is 0 Å². The van der Waals surface area contributed by atoms with Gasteiger partial charge in [0.15, 0.2) is 5.60 Å². The topological polar surface area (TPSA) is 147 Å². The van der Waals surface area contributed by atoms with E-state index >= 15 is 0 Å². The summed E-state index contributed by atoms with van der Waals surface area (Å²) in [7, 11) is 0. The highest BCUT2D eigenvalue weighted by molar-refractivity contribution is 5.91. The van der Waals surface area contributed by atoms with Gasteiger partial charge in [-0.05, 0) is 32.6 Å². The van der Waals surface area contributed by atoms with E-state index in [1.807, 2.05) is 13.8 Å². The maximum absolute atomic E-state index is 11.2. The summed E-state index contributed by atoms with van der Waals surface area (Å²) in [6.07, 6.45) is -0.670. The third kappa shape index (κ3) is 5.96. The Labute approximate surface area is 128 Å². The molecule has 9 heteroatoms. The number of nitrogens with zero attached hydrogens (tertiary/aromatic N) is 1. The summed E-state index contributed by atoms with van der Waals surface area (Å²) in [5.41, 5.74) is -2.91. The van der Waals surface area contributed by atoms with E-state index in [0.717, 1.165) is 13.1 Å². The van der Waals surface area contributed by atoms with Crippen molar-refractivity contribution < 1.29 is 34.8 Å². The molecule has 0 saturated carbocycles. The summed E-state index contributed by atoms with van der Waals surface area (Å²) in [5.74, 6) is -5.10. The van der Waals surface area contributed by atoms with E-state index < -0.39 is 36.0 Å². The number of carboxylic acids is 3. The van der Waals surface area contributed by atoms with Crippen LogP contribution in [0.5, 0.6) is 0 Å². The SMILES string of the molecule is CCN(CC)CCCNC(C(=O)O)C(O)(CC(=O)O)C(=O)O. The summed E-state index contributed by atoms with van der Waals surface area (Å²) in [5, 5.41) is 39.2. The predicted octanol–water partition coefficient (Wildman–Crippen LogP) is -0.948. The number of nitrogens with one attached hydrogen (secondary N) is 1. The van der Waals surface area contributed by atoms with Crippen LogP contribution in [-0.4, -0.2) is 81.1 Å². The monoisotopic (exact) mass is 320 g/mol. The Bertz CT molecular complexity index is 398. The molecule has 0 amide bonds. The fourth-order valence-corrected chi connectivity index (χ4v) is 2.08. The molecule has 0 aliphatic rings. The fourth-order valence-electron chi connectivity index (χ4n) is 2.08. The van der Waals surface area contributed by atoms with Crippen LogP contribution in [0.1, 0.15) is 26.7 Å². The lowest BCUT2D eigenvalue weighted by molar-refractivity contribution is -0.174. The Kier molecular flexibility index (Phi) is 8.61. The van der Waals surface area contributed by atoms with Crippen molar-refractivity contribution in [1.29, 1.82) is 0 Å². The third-order valence-corrected chi connectivity index (χ3v) is 3.41. The van der Waals surface area contributed by atoms with E-state index in [-0.39, 0.29) is 6.54 Å². The highest BCUT2D eigenvalue weighted by Crippen LogP contribution is 2.17. The van der Waals surface area contributed by atoms with Gasteiger partial charge in [-0.25, -0.2) is 4.79 Å². The molecule has 0 rings (SSSR count). The Hall–Kier alpha value is -1.71. The molecular formula is C13H24N2O7. The molecule has 0 aliphatic carbocycles. The molecule has 2 unspecified atom stereocenters. The number of hydrogen-bond donors (Lipinski definition) is 5. The van der Waals surface area contributed by atoms with Gasteiger partial charge in [0, 0.05) is 0 Å². The Morgan fingerprint density at radius 2 is 1.68 bits per heavy atom. The molecule has 0 radical (unpaired) electrons. The lowest BCUT2D eigenvalue weighted by Gasteiger charge is -2.29. The zero-order chi connectivity index (χ0) is 17.3. The van der Waals surface area contributed by atoms with E-state index in [9.17, 15) is 19.5 Å². The largest absolute Gasteiger partial charge is 0.481 e. The summed E-state index contributed by atoms with van der Waals surface area (Å²) >= 11 is 0. The van der Waals surface area contributed by atoms with Crippen LogP contribution in [0.4, 0.5) is 0 Å². The Morgan fingerprint density at radius 3 is 2.05 bits per heavy atom. The van der Waals surface area contributed by atoms with Crippen LogP contribution in [0.2, 0.25) is 0 Å². The number of aliphatic carboxylic acids is 3. The zero-order valence-corrected chi connectivity index (χ0v) is 12.8. The molecule has 0 aromatic heterocycles. The van der Waals surface area contributed by atoms with E-state index in [2.05, 4.69) is 10.2 Å². The summed E-state index contributed by atoms with van der Waals surface area (Å²) in [6.45, 7) is 6.44. The van der Waals surface area contributed by atoms with Crippen LogP contribution in [0.15, 0.2) is 0 Å². The Balaban J connectivity index is 4.79. The quantitative estimate of drug-likeness (QED) is 0.287. The van der Waals surface area contributed by atoms with Crippen LogP contribution in [0, 0.1) is 0 Å². The van der Waals surface area contributed by atoms with Crippen molar-refractivity contribution in [2.45, 2.75) is 38.3 Å². The van der Waals surface area contributed by atoms with Crippen molar-refractivity contribution in [2.75, 3.05) is 26.2 Å². The first kappa shape index (κ1) is 20.3. The van der Waals surface area contributed by atoms with Crippen LogP contribution >= 0.6 is 0 Å². The highest BCUT2D eigenvalue weighted by Gasteiger charge is 2.50. The molecule has 0 saturated heterocycles. The molecule has 5 N–H and O–H groups in total. The van der Waals surface area contributed by atoms with Crippen LogP contribution < -0.4 is 5.32 Å². The minimum absolute atomic E-state index is 0.142. The smallest absolute Gasteiger partial charge is 0.338 e. The first-order chi connectivity index (χ1) is 10.2. The number of carbonyl (C=O) groups is 3. The summed E-state index contributed by atoms with van der Waals surface area (Å²) in [4.78, 5) is 35.1. The van der Waals surface area contributed by atoms with Crippen molar-refractivity contribution in [3.8, 4) is 0 Å². The van der Waals surface area contributed by atoms with Crippen molar-refractivity contribution in [3.05, 3.63) is 0 Å². The van der Waals surface area contributed by atoms with E-state index in [4.69, 9.17) is 15.3 Å². The van der Waals surface area contributed by atoms with Gasteiger partial charge in [0.25, 0.3) is 0 Å². The molecule has 0 aromatic carbocycles. The second kappa shape index (κ2) is 9.34. The van der Waals surface area contributed by atoms with Crippen molar-refractivity contribution in [2.24, 2.45) is 0 Å². The van der Waals surface area contributed by atoms with Gasteiger partial charge in [0.2, 0.25) is 0 Å². The van der Waals surface area contributed by atoms with Crippen LogP contribution in [0.3, 0.4) is 0 Å². The normalized spacial score (nSPS) is 15.3. The molecule has 0 aliphatic heterocycles. The number of hydrogen-bond acceptors (Lipinski definition) is 6. The Morgan fingerprint density at radius 1 is 1.14 bits per heavy atom. The maximum Gasteiger partial charge on any atom is 0.338 e. The molecule has 0 bridgehead atoms. The molecule has 128 valence electrons. The fraction of sp³-hybridized carbons (Fsp3) is 0.769. The standard InChI is InChI=1S/C13H24N2O7/c1-3-15(4-2)7-5-6-14-10(11(18)19)13(22,12(20)21)8-9(16)17/h10,14,22H,3-8H2,1-2H3,(H,16,17)(H,18,19)(H,20,21). The van der Waals surface area contributed by atoms with Crippen LogP contribution in [-0.2, 0) is 14.4 Å². The van der Waals surface area contributed by atoms with Crippen molar-refractivity contribution in [1.82, 2.24) is 10.2 Å².